The van der Waals surface area contributed by atoms with Crippen molar-refractivity contribution in [2.75, 3.05) is 19.5 Å². The molecule has 0 radical (unpaired) electrons. The van der Waals surface area contributed by atoms with E-state index in [4.69, 9.17) is 10.5 Å². The molecule has 1 aliphatic carbocycles. The summed E-state index contributed by atoms with van der Waals surface area (Å²) in [6, 6.07) is 0. The Morgan fingerprint density at radius 3 is 3.05 bits per heavy atom. The van der Waals surface area contributed by atoms with Crippen molar-refractivity contribution in [3.05, 3.63) is 20.8 Å². The van der Waals surface area contributed by atoms with Gasteiger partial charge >= 0.3 is 0 Å². The summed E-state index contributed by atoms with van der Waals surface area (Å²) in [5, 5.41) is 1.28. The molecule has 2 aromatic heterocycles. The van der Waals surface area contributed by atoms with Crippen molar-refractivity contribution < 1.29 is 9.53 Å². The van der Waals surface area contributed by atoms with Crippen LogP contribution in [0.25, 0.3) is 10.2 Å². The van der Waals surface area contributed by atoms with Gasteiger partial charge in [0.2, 0.25) is 5.91 Å². The molecular weight excluding hydrogens is 322 g/mol. The Labute approximate surface area is 135 Å². The van der Waals surface area contributed by atoms with Crippen LogP contribution in [0.1, 0.15) is 16.9 Å². The van der Waals surface area contributed by atoms with E-state index in [1.807, 2.05) is 0 Å². The third-order valence-corrected chi connectivity index (χ3v) is 5.84. The highest BCUT2D eigenvalue weighted by molar-refractivity contribution is 7.99. The number of aromatic nitrogens is 2. The Bertz CT molecular complexity index is 782. The first kappa shape index (κ1) is 15.5. The zero-order valence-corrected chi connectivity index (χ0v) is 13.9. The fourth-order valence-corrected chi connectivity index (χ4v) is 4.75. The minimum atomic E-state index is -0.425. The number of aryl methyl sites for hydroxylation is 2. The van der Waals surface area contributed by atoms with Crippen molar-refractivity contribution in [3.63, 3.8) is 0 Å². The van der Waals surface area contributed by atoms with Crippen LogP contribution in [0.15, 0.2) is 9.95 Å². The maximum absolute atomic E-state index is 12.9. The third-order valence-electron chi connectivity index (χ3n) is 3.65. The van der Waals surface area contributed by atoms with Crippen molar-refractivity contribution in [1.82, 2.24) is 9.55 Å². The minimum Gasteiger partial charge on any atom is -0.383 e. The highest BCUT2D eigenvalue weighted by Crippen LogP contribution is 2.35. The number of methoxy groups -OCH3 is 1. The van der Waals surface area contributed by atoms with Gasteiger partial charge in [0.15, 0.2) is 5.16 Å². The molecule has 2 heterocycles. The van der Waals surface area contributed by atoms with Crippen LogP contribution in [0.3, 0.4) is 0 Å². The average Bonchev–Trinajstić information content (AvgIpc) is 3.04. The topological polar surface area (TPSA) is 87.2 Å². The summed E-state index contributed by atoms with van der Waals surface area (Å²) < 4.78 is 6.68. The molecule has 0 bridgehead atoms. The summed E-state index contributed by atoms with van der Waals surface area (Å²) >= 11 is 2.80. The molecule has 3 rings (SSSR count). The van der Waals surface area contributed by atoms with Gasteiger partial charge in [-0.1, -0.05) is 11.8 Å². The number of carbonyl (C=O) groups excluding carboxylic acids is 1. The number of primary amides is 1. The van der Waals surface area contributed by atoms with E-state index in [0.29, 0.717) is 18.3 Å². The van der Waals surface area contributed by atoms with E-state index in [1.165, 1.54) is 16.6 Å². The van der Waals surface area contributed by atoms with Gasteiger partial charge in [0.05, 0.1) is 24.3 Å². The van der Waals surface area contributed by atoms with Gasteiger partial charge in [-0.3, -0.25) is 14.2 Å². The van der Waals surface area contributed by atoms with Crippen LogP contribution in [0.5, 0.6) is 0 Å². The summed E-state index contributed by atoms with van der Waals surface area (Å²) in [5.74, 6) is -0.318. The van der Waals surface area contributed by atoms with Gasteiger partial charge in [-0.2, -0.15) is 0 Å². The number of fused-ring (bicyclic) bond motifs is 3. The molecule has 0 fully saturated rings. The van der Waals surface area contributed by atoms with Crippen LogP contribution in [0.2, 0.25) is 0 Å². The molecule has 0 saturated carbocycles. The third kappa shape index (κ3) is 2.78. The smallest absolute Gasteiger partial charge is 0.263 e. The predicted octanol–water partition coefficient (Wildman–Crippen LogP) is 1.17. The quantitative estimate of drug-likeness (QED) is 0.630. The lowest BCUT2D eigenvalue weighted by molar-refractivity contribution is -0.115. The highest BCUT2D eigenvalue weighted by atomic mass is 32.2. The molecule has 1 amide bonds. The first-order valence-electron chi connectivity index (χ1n) is 7.07. The van der Waals surface area contributed by atoms with E-state index in [2.05, 4.69) is 4.98 Å². The Balaban J connectivity index is 2.12. The first-order chi connectivity index (χ1) is 10.6. The monoisotopic (exact) mass is 339 g/mol. The second-order valence-corrected chi connectivity index (χ2v) is 7.16. The molecule has 8 heteroatoms. The molecule has 0 atom stereocenters. The molecule has 2 N–H and O–H groups in total. The lowest BCUT2D eigenvalue weighted by Crippen LogP contribution is -2.26. The number of carbonyl (C=O) groups is 1. The van der Waals surface area contributed by atoms with E-state index in [1.54, 1.807) is 23.0 Å². The van der Waals surface area contributed by atoms with E-state index in [9.17, 15) is 9.59 Å². The zero-order valence-electron chi connectivity index (χ0n) is 12.3. The van der Waals surface area contributed by atoms with E-state index in [0.717, 1.165) is 35.0 Å². The standard InChI is InChI=1S/C14H17N3O3S2/c1-20-6-5-17-13(19)11-8-3-2-4-9(8)22-12(11)16-14(17)21-7-10(15)18/h2-7H2,1H3,(H2,15,18). The molecule has 0 unspecified atom stereocenters. The van der Waals surface area contributed by atoms with Crippen molar-refractivity contribution in [2.24, 2.45) is 5.73 Å². The maximum Gasteiger partial charge on any atom is 0.263 e. The summed E-state index contributed by atoms with van der Waals surface area (Å²) in [6.07, 6.45) is 3.08. The van der Waals surface area contributed by atoms with Crippen LogP contribution < -0.4 is 11.3 Å². The molecule has 2 aromatic rings. The first-order valence-corrected chi connectivity index (χ1v) is 8.87. The molecule has 6 nitrogen and oxygen atoms in total. The Hall–Kier alpha value is -1.38. The fourth-order valence-electron chi connectivity index (χ4n) is 2.68. The molecule has 1 aliphatic rings. The number of hydrogen-bond acceptors (Lipinski definition) is 6. The van der Waals surface area contributed by atoms with Crippen molar-refractivity contribution in [1.29, 1.82) is 0 Å². The van der Waals surface area contributed by atoms with Crippen molar-refractivity contribution in [2.45, 2.75) is 31.0 Å². The van der Waals surface area contributed by atoms with Gasteiger partial charge in [0.1, 0.15) is 4.83 Å². The van der Waals surface area contributed by atoms with Crippen LogP contribution >= 0.6 is 23.1 Å². The van der Waals surface area contributed by atoms with Crippen LogP contribution in [0.4, 0.5) is 0 Å². The Kier molecular flexibility index (Phi) is 4.51. The normalized spacial score (nSPS) is 13.7. The van der Waals surface area contributed by atoms with Crippen LogP contribution in [-0.2, 0) is 28.9 Å². The van der Waals surface area contributed by atoms with Gasteiger partial charge < -0.3 is 10.5 Å². The molecule has 0 aliphatic heterocycles. The maximum atomic E-state index is 12.9. The fraction of sp³-hybridized carbons (Fsp3) is 0.500. The second kappa shape index (κ2) is 6.39. The second-order valence-electron chi connectivity index (χ2n) is 5.14. The number of nitrogens with zero attached hydrogens (tertiary/aromatic N) is 2. The van der Waals surface area contributed by atoms with E-state index in [-0.39, 0.29) is 11.3 Å². The van der Waals surface area contributed by atoms with E-state index < -0.39 is 5.91 Å². The summed E-state index contributed by atoms with van der Waals surface area (Å²) in [4.78, 5) is 30.5. The molecule has 0 aromatic carbocycles. The van der Waals surface area contributed by atoms with Crippen LogP contribution in [0, 0.1) is 0 Å². The highest BCUT2D eigenvalue weighted by Gasteiger charge is 2.23. The lowest BCUT2D eigenvalue weighted by atomic mass is 10.2. The van der Waals surface area contributed by atoms with Gasteiger partial charge in [0, 0.05) is 12.0 Å². The minimum absolute atomic E-state index is 0.0339. The Morgan fingerprint density at radius 1 is 1.50 bits per heavy atom. The summed E-state index contributed by atoms with van der Waals surface area (Å²) in [7, 11) is 1.59. The zero-order chi connectivity index (χ0) is 15.7. The lowest BCUT2D eigenvalue weighted by Gasteiger charge is -2.11. The van der Waals surface area contributed by atoms with Crippen molar-refractivity contribution >= 4 is 39.2 Å². The van der Waals surface area contributed by atoms with Crippen molar-refractivity contribution in [3.8, 4) is 0 Å². The molecular formula is C14H17N3O3S2. The van der Waals surface area contributed by atoms with Crippen LogP contribution in [-0.4, -0.2) is 34.9 Å². The van der Waals surface area contributed by atoms with Gasteiger partial charge in [0.25, 0.3) is 5.56 Å². The molecule has 0 spiro atoms. The number of thioether (sulfide) groups is 1. The number of rotatable bonds is 6. The summed E-state index contributed by atoms with van der Waals surface area (Å²) in [6.45, 7) is 0.841. The number of amides is 1. The molecule has 118 valence electrons. The average molecular weight is 339 g/mol. The number of ether oxygens (including phenoxy) is 1. The van der Waals surface area contributed by atoms with Gasteiger partial charge in [-0.25, -0.2) is 4.98 Å². The predicted molar refractivity (Wildman–Crippen MR) is 87.7 cm³/mol. The number of nitrogens with two attached hydrogens (primary N) is 1. The van der Waals surface area contributed by atoms with Gasteiger partial charge in [-0.05, 0) is 24.8 Å². The molecule has 22 heavy (non-hydrogen) atoms. The largest absolute Gasteiger partial charge is 0.383 e. The SMILES string of the molecule is COCCn1c(SCC(N)=O)nc2sc3c(c2c1=O)CCC3. The summed E-state index contributed by atoms with van der Waals surface area (Å²) in [5.41, 5.74) is 6.33. The number of thiophene rings is 1. The molecule has 0 saturated heterocycles. The van der Waals surface area contributed by atoms with Gasteiger partial charge in [-0.15, -0.1) is 11.3 Å². The number of hydrogen-bond donors (Lipinski definition) is 1. The Morgan fingerprint density at radius 2 is 2.32 bits per heavy atom. The van der Waals surface area contributed by atoms with E-state index >= 15 is 0 Å².